The van der Waals surface area contributed by atoms with Gasteiger partial charge in [0.2, 0.25) is 6.29 Å². The highest BCUT2D eigenvalue weighted by Gasteiger charge is 2.50. The van der Waals surface area contributed by atoms with Crippen LogP contribution in [-0.2, 0) is 9.53 Å². The second-order valence-corrected chi connectivity index (χ2v) is 10.3. The Morgan fingerprint density at radius 2 is 2.14 bits per heavy atom. The summed E-state index contributed by atoms with van der Waals surface area (Å²) in [5, 5.41) is 20.9. The average Bonchev–Trinajstić information content (AvgIpc) is 2.97. The molecule has 1 fully saturated rings. The van der Waals surface area contributed by atoms with E-state index in [0.29, 0.717) is 23.8 Å². The number of aliphatic hydroxyl groups is 2. The third-order valence-electron chi connectivity index (χ3n) is 8.05. The molecule has 3 rings (SSSR count). The molecule has 0 aromatic rings. The molecule has 3 unspecified atom stereocenters. The molecule has 4 heteroatoms. The summed E-state index contributed by atoms with van der Waals surface area (Å²) in [5.41, 5.74) is 3.27. The van der Waals surface area contributed by atoms with Gasteiger partial charge < -0.3 is 14.9 Å². The van der Waals surface area contributed by atoms with Crippen LogP contribution in [0.5, 0.6) is 0 Å². The molecule has 1 heterocycles. The van der Waals surface area contributed by atoms with Gasteiger partial charge in [-0.1, -0.05) is 44.4 Å². The van der Waals surface area contributed by atoms with Crippen molar-refractivity contribution in [1.29, 1.82) is 0 Å². The van der Waals surface area contributed by atoms with Crippen molar-refractivity contribution in [2.75, 3.05) is 0 Å². The quantitative estimate of drug-likeness (QED) is 0.461. The lowest BCUT2D eigenvalue weighted by molar-refractivity contribution is -0.152. The standard InChI is InChI=1S/C25H38O4/c1-16(2)8-6-12-24(4)13-7-9-20-19(24)11-10-17(3)25(20,5)15-21(26)18-14-22(27)29-23(18)28/h11,14,17,20-21,23,26,28H,1,6-10,12-13,15H2,2-5H3/t17-,20?,21?,23?,24-,25-/m0/s1. The molecular weight excluding hydrogens is 364 g/mol. The van der Waals surface area contributed by atoms with Crippen LogP contribution in [0, 0.1) is 22.7 Å². The van der Waals surface area contributed by atoms with Crippen molar-refractivity contribution in [1.82, 2.24) is 0 Å². The molecule has 29 heavy (non-hydrogen) atoms. The normalized spacial score (nSPS) is 38.0. The van der Waals surface area contributed by atoms with Crippen LogP contribution in [0.15, 0.2) is 35.5 Å². The summed E-state index contributed by atoms with van der Waals surface area (Å²) in [6.45, 7) is 13.1. The Bertz CT molecular complexity index is 720. The van der Waals surface area contributed by atoms with Crippen molar-refractivity contribution in [3.05, 3.63) is 35.5 Å². The van der Waals surface area contributed by atoms with Gasteiger partial charge in [-0.25, -0.2) is 4.79 Å². The lowest BCUT2D eigenvalue weighted by Gasteiger charge is -2.54. The molecule has 1 saturated carbocycles. The van der Waals surface area contributed by atoms with Gasteiger partial charge in [0, 0.05) is 11.6 Å². The van der Waals surface area contributed by atoms with Gasteiger partial charge in [-0.15, -0.1) is 6.58 Å². The Hall–Kier alpha value is -1.39. The first-order chi connectivity index (χ1) is 13.6. The fourth-order valence-corrected chi connectivity index (χ4v) is 6.01. The van der Waals surface area contributed by atoms with Gasteiger partial charge in [0.1, 0.15) is 0 Å². The largest absolute Gasteiger partial charge is 0.429 e. The Morgan fingerprint density at radius 1 is 1.41 bits per heavy atom. The van der Waals surface area contributed by atoms with Gasteiger partial charge in [-0.3, -0.25) is 0 Å². The number of carbonyl (C=O) groups excluding carboxylic acids is 1. The summed E-state index contributed by atoms with van der Waals surface area (Å²) in [7, 11) is 0. The van der Waals surface area contributed by atoms with Gasteiger partial charge in [0.15, 0.2) is 0 Å². The third kappa shape index (κ3) is 4.39. The summed E-state index contributed by atoms with van der Waals surface area (Å²) in [5.74, 6) is 0.288. The zero-order valence-electron chi connectivity index (χ0n) is 18.5. The predicted octanol–water partition coefficient (Wildman–Crippen LogP) is 5.06. The number of aliphatic hydroxyl groups excluding tert-OH is 2. The van der Waals surface area contributed by atoms with E-state index < -0.39 is 18.4 Å². The van der Waals surface area contributed by atoms with Crippen LogP contribution in [0.4, 0.5) is 0 Å². The second kappa shape index (κ2) is 8.39. The number of rotatable bonds is 7. The number of ether oxygens (including phenoxy) is 1. The Kier molecular flexibility index (Phi) is 6.45. The molecule has 0 amide bonds. The average molecular weight is 403 g/mol. The topological polar surface area (TPSA) is 66.8 Å². The lowest BCUT2D eigenvalue weighted by Crippen LogP contribution is -2.46. The number of hydrogen-bond acceptors (Lipinski definition) is 4. The number of esters is 1. The zero-order chi connectivity index (χ0) is 21.4. The molecule has 162 valence electrons. The molecule has 3 aliphatic rings. The van der Waals surface area contributed by atoms with Crippen LogP contribution in [0.2, 0.25) is 0 Å². The summed E-state index contributed by atoms with van der Waals surface area (Å²) in [6.07, 6.45) is 10.1. The Morgan fingerprint density at radius 3 is 2.76 bits per heavy atom. The molecule has 2 aliphatic carbocycles. The maximum Gasteiger partial charge on any atom is 0.333 e. The summed E-state index contributed by atoms with van der Waals surface area (Å²) >= 11 is 0. The van der Waals surface area contributed by atoms with Gasteiger partial charge >= 0.3 is 5.97 Å². The van der Waals surface area contributed by atoms with Gasteiger partial charge in [0.25, 0.3) is 0 Å². The monoisotopic (exact) mass is 402 g/mol. The van der Waals surface area contributed by atoms with Crippen LogP contribution >= 0.6 is 0 Å². The number of fused-ring (bicyclic) bond motifs is 1. The van der Waals surface area contributed by atoms with E-state index in [1.54, 1.807) is 5.57 Å². The van der Waals surface area contributed by atoms with E-state index in [9.17, 15) is 15.0 Å². The third-order valence-corrected chi connectivity index (χ3v) is 8.05. The maximum absolute atomic E-state index is 11.5. The molecule has 1 aliphatic heterocycles. The first-order valence-corrected chi connectivity index (χ1v) is 11.2. The van der Waals surface area contributed by atoms with Crippen molar-refractivity contribution in [3.8, 4) is 0 Å². The highest BCUT2D eigenvalue weighted by atomic mass is 16.6. The molecule has 4 nitrogen and oxygen atoms in total. The highest BCUT2D eigenvalue weighted by Crippen LogP contribution is 2.59. The van der Waals surface area contributed by atoms with Crippen molar-refractivity contribution in [2.45, 2.75) is 91.5 Å². The van der Waals surface area contributed by atoms with Crippen LogP contribution < -0.4 is 0 Å². The van der Waals surface area contributed by atoms with Crippen molar-refractivity contribution < 1.29 is 19.7 Å². The van der Waals surface area contributed by atoms with Crippen LogP contribution in [-0.4, -0.2) is 28.6 Å². The first kappa shape index (κ1) is 22.3. The van der Waals surface area contributed by atoms with Crippen molar-refractivity contribution >= 4 is 5.97 Å². The van der Waals surface area contributed by atoms with Crippen LogP contribution in [0.3, 0.4) is 0 Å². The Labute approximate surface area is 175 Å². The van der Waals surface area contributed by atoms with E-state index in [-0.39, 0.29) is 10.8 Å². The van der Waals surface area contributed by atoms with E-state index in [4.69, 9.17) is 4.74 Å². The minimum Gasteiger partial charge on any atom is -0.429 e. The number of allylic oxidation sites excluding steroid dienone is 3. The minimum atomic E-state index is -1.31. The predicted molar refractivity (Wildman–Crippen MR) is 115 cm³/mol. The van der Waals surface area contributed by atoms with E-state index in [1.165, 1.54) is 37.3 Å². The maximum atomic E-state index is 11.5. The molecule has 0 bridgehead atoms. The van der Waals surface area contributed by atoms with Gasteiger partial charge in [-0.2, -0.15) is 0 Å². The molecule has 2 N–H and O–H groups in total. The first-order valence-electron chi connectivity index (χ1n) is 11.2. The highest BCUT2D eigenvalue weighted by molar-refractivity contribution is 5.85. The van der Waals surface area contributed by atoms with Gasteiger partial charge in [0.05, 0.1) is 6.10 Å². The van der Waals surface area contributed by atoms with E-state index >= 15 is 0 Å². The summed E-state index contributed by atoms with van der Waals surface area (Å²) in [6, 6.07) is 0. The SMILES string of the molecule is C=C(C)CCC[C@@]1(C)CCCC2C1=CC[C@H](C)[C@]2(C)CC(O)C1=CC(=O)OC1O. The van der Waals surface area contributed by atoms with Crippen LogP contribution in [0.25, 0.3) is 0 Å². The number of hydrogen-bond donors (Lipinski definition) is 2. The fraction of sp³-hybridized carbons (Fsp3) is 0.720. The molecular formula is C25H38O4. The zero-order valence-corrected chi connectivity index (χ0v) is 18.5. The molecule has 0 spiro atoms. The van der Waals surface area contributed by atoms with Gasteiger partial charge in [-0.05, 0) is 74.5 Å². The van der Waals surface area contributed by atoms with E-state index in [0.717, 1.165) is 19.3 Å². The van der Waals surface area contributed by atoms with E-state index in [1.807, 2.05) is 0 Å². The molecule has 6 atom stereocenters. The number of cyclic esters (lactones) is 1. The fourth-order valence-electron chi connectivity index (χ4n) is 6.01. The lowest BCUT2D eigenvalue weighted by atomic mass is 9.50. The summed E-state index contributed by atoms with van der Waals surface area (Å²) in [4.78, 5) is 11.5. The van der Waals surface area contributed by atoms with Crippen LogP contribution in [0.1, 0.15) is 79.1 Å². The molecule has 0 aromatic carbocycles. The molecule has 0 radical (unpaired) electrons. The minimum absolute atomic E-state index is 0.0776. The van der Waals surface area contributed by atoms with Crippen molar-refractivity contribution in [2.24, 2.45) is 22.7 Å². The smallest absolute Gasteiger partial charge is 0.333 e. The second-order valence-electron chi connectivity index (χ2n) is 10.3. The van der Waals surface area contributed by atoms with E-state index in [2.05, 4.69) is 40.3 Å². The number of carbonyl (C=O) groups is 1. The van der Waals surface area contributed by atoms with Crippen molar-refractivity contribution in [3.63, 3.8) is 0 Å². The summed E-state index contributed by atoms with van der Waals surface area (Å²) < 4.78 is 4.79. The Balaban J connectivity index is 1.81. The molecule has 0 aromatic heterocycles. The molecule has 0 saturated heterocycles.